The first-order valence-electron chi connectivity index (χ1n) is 5.55. The molecule has 4 heteroatoms. The molecular weight excluding hydrogens is 194 g/mol. The van der Waals surface area contributed by atoms with Crippen molar-refractivity contribution in [3.63, 3.8) is 0 Å². The van der Waals surface area contributed by atoms with Crippen LogP contribution in [-0.2, 0) is 4.79 Å². The summed E-state index contributed by atoms with van der Waals surface area (Å²) in [6.07, 6.45) is 3.00. The molecule has 1 atom stereocenters. The Morgan fingerprint density at radius 3 is 2.27 bits per heavy atom. The van der Waals surface area contributed by atoms with Crippen LogP contribution in [0.25, 0.3) is 0 Å². The van der Waals surface area contributed by atoms with Crippen molar-refractivity contribution in [1.29, 1.82) is 0 Å². The summed E-state index contributed by atoms with van der Waals surface area (Å²) < 4.78 is 0. The molecule has 90 valence electrons. The molecule has 0 aromatic rings. The Hall–Kier alpha value is -0.610. The lowest BCUT2D eigenvalue weighted by molar-refractivity contribution is -0.151. The van der Waals surface area contributed by atoms with E-state index in [2.05, 4.69) is 0 Å². The van der Waals surface area contributed by atoms with Crippen LogP contribution in [0.15, 0.2) is 0 Å². The summed E-state index contributed by atoms with van der Waals surface area (Å²) in [7, 11) is 0. The van der Waals surface area contributed by atoms with Crippen LogP contribution in [0.2, 0.25) is 0 Å². The molecule has 0 bridgehead atoms. The number of hydrogen-bond acceptors (Lipinski definition) is 3. The lowest BCUT2D eigenvalue weighted by Gasteiger charge is -2.32. The minimum Gasteiger partial charge on any atom is -0.481 e. The highest BCUT2D eigenvalue weighted by molar-refractivity contribution is 5.75. The zero-order valence-corrected chi connectivity index (χ0v) is 9.70. The number of nitrogens with two attached hydrogens (primary N) is 1. The monoisotopic (exact) mass is 217 g/mol. The molecular formula is C11H23NO3. The second kappa shape index (κ2) is 6.80. The second-order valence-electron chi connectivity index (χ2n) is 4.35. The van der Waals surface area contributed by atoms with Crippen LogP contribution in [0.4, 0.5) is 0 Å². The fourth-order valence-corrected chi connectivity index (χ4v) is 1.80. The molecule has 0 fully saturated rings. The summed E-state index contributed by atoms with van der Waals surface area (Å²) in [5, 5.41) is 17.9. The molecule has 0 saturated carbocycles. The average Bonchev–Trinajstić information content (AvgIpc) is 2.17. The maximum atomic E-state index is 11.2. The number of carboxylic acid groups (broad SMARTS) is 1. The molecule has 0 spiro atoms. The number of carbonyl (C=O) groups is 1. The number of carboxylic acids is 1. The highest BCUT2D eigenvalue weighted by Crippen LogP contribution is 2.32. The van der Waals surface area contributed by atoms with E-state index >= 15 is 0 Å². The SMILES string of the molecule is CC(C)C(CN)(CCCCCO)C(=O)O. The van der Waals surface area contributed by atoms with Crippen molar-refractivity contribution in [3.8, 4) is 0 Å². The fourth-order valence-electron chi connectivity index (χ4n) is 1.80. The molecule has 15 heavy (non-hydrogen) atoms. The summed E-state index contributed by atoms with van der Waals surface area (Å²) in [5.41, 5.74) is 4.80. The van der Waals surface area contributed by atoms with E-state index < -0.39 is 11.4 Å². The minimum absolute atomic E-state index is 0.0362. The van der Waals surface area contributed by atoms with E-state index in [1.54, 1.807) is 0 Å². The highest BCUT2D eigenvalue weighted by atomic mass is 16.4. The zero-order valence-electron chi connectivity index (χ0n) is 9.70. The van der Waals surface area contributed by atoms with Crippen molar-refractivity contribution >= 4 is 5.97 Å². The topological polar surface area (TPSA) is 83.5 Å². The van der Waals surface area contributed by atoms with Gasteiger partial charge in [0.15, 0.2) is 0 Å². The van der Waals surface area contributed by atoms with E-state index in [9.17, 15) is 9.90 Å². The lowest BCUT2D eigenvalue weighted by atomic mass is 9.73. The Labute approximate surface area is 91.5 Å². The quantitative estimate of drug-likeness (QED) is 0.534. The van der Waals surface area contributed by atoms with Crippen molar-refractivity contribution in [3.05, 3.63) is 0 Å². The van der Waals surface area contributed by atoms with Gasteiger partial charge in [0.1, 0.15) is 0 Å². The van der Waals surface area contributed by atoms with Gasteiger partial charge in [-0.15, -0.1) is 0 Å². The van der Waals surface area contributed by atoms with E-state index in [0.29, 0.717) is 6.42 Å². The Kier molecular flexibility index (Phi) is 6.52. The largest absolute Gasteiger partial charge is 0.481 e. The fraction of sp³-hybridized carbons (Fsp3) is 0.909. The van der Waals surface area contributed by atoms with Crippen molar-refractivity contribution in [2.45, 2.75) is 39.5 Å². The Bertz CT molecular complexity index is 194. The maximum absolute atomic E-state index is 11.2. The second-order valence-corrected chi connectivity index (χ2v) is 4.35. The van der Waals surface area contributed by atoms with Gasteiger partial charge in [-0.2, -0.15) is 0 Å². The van der Waals surface area contributed by atoms with E-state index in [0.717, 1.165) is 19.3 Å². The average molecular weight is 217 g/mol. The maximum Gasteiger partial charge on any atom is 0.311 e. The van der Waals surface area contributed by atoms with Crippen molar-refractivity contribution in [2.75, 3.05) is 13.2 Å². The van der Waals surface area contributed by atoms with Gasteiger partial charge in [-0.3, -0.25) is 4.79 Å². The van der Waals surface area contributed by atoms with Gasteiger partial charge < -0.3 is 15.9 Å². The van der Waals surface area contributed by atoms with E-state index in [1.807, 2.05) is 13.8 Å². The number of aliphatic hydroxyl groups is 1. The Morgan fingerprint density at radius 2 is 1.93 bits per heavy atom. The van der Waals surface area contributed by atoms with Gasteiger partial charge in [0, 0.05) is 13.2 Å². The Balaban J connectivity index is 4.30. The van der Waals surface area contributed by atoms with Crippen LogP contribution in [0, 0.1) is 11.3 Å². The van der Waals surface area contributed by atoms with Gasteiger partial charge in [0.2, 0.25) is 0 Å². The lowest BCUT2D eigenvalue weighted by Crippen LogP contribution is -2.43. The summed E-state index contributed by atoms with van der Waals surface area (Å²) >= 11 is 0. The number of aliphatic carboxylic acids is 1. The molecule has 0 aliphatic rings. The smallest absolute Gasteiger partial charge is 0.311 e. The molecule has 0 aliphatic carbocycles. The number of rotatable bonds is 8. The highest BCUT2D eigenvalue weighted by Gasteiger charge is 2.39. The number of unbranched alkanes of at least 4 members (excludes halogenated alkanes) is 2. The molecule has 4 nitrogen and oxygen atoms in total. The van der Waals surface area contributed by atoms with Gasteiger partial charge >= 0.3 is 5.97 Å². The van der Waals surface area contributed by atoms with Gasteiger partial charge in [0.05, 0.1) is 5.41 Å². The Morgan fingerprint density at radius 1 is 1.33 bits per heavy atom. The zero-order chi connectivity index (χ0) is 11.9. The summed E-state index contributed by atoms with van der Waals surface area (Å²) in [6, 6.07) is 0. The first-order valence-corrected chi connectivity index (χ1v) is 5.55. The third-order valence-electron chi connectivity index (χ3n) is 3.18. The molecule has 0 radical (unpaired) electrons. The van der Waals surface area contributed by atoms with E-state index in [1.165, 1.54) is 0 Å². The molecule has 4 N–H and O–H groups in total. The van der Waals surface area contributed by atoms with Crippen LogP contribution >= 0.6 is 0 Å². The molecule has 0 aromatic carbocycles. The minimum atomic E-state index is -0.802. The standard InChI is InChI=1S/C11H23NO3/c1-9(2)11(8-12,10(14)15)6-4-3-5-7-13/h9,13H,3-8,12H2,1-2H3,(H,14,15). The first-order chi connectivity index (χ1) is 7.01. The summed E-state index contributed by atoms with van der Waals surface area (Å²) in [5.74, 6) is -0.766. The normalized spacial score (nSPS) is 15.3. The van der Waals surface area contributed by atoms with Gasteiger partial charge in [-0.1, -0.05) is 26.7 Å². The van der Waals surface area contributed by atoms with Gasteiger partial charge in [-0.05, 0) is 18.8 Å². The van der Waals surface area contributed by atoms with Gasteiger partial charge in [-0.25, -0.2) is 0 Å². The molecule has 0 aliphatic heterocycles. The van der Waals surface area contributed by atoms with Crippen LogP contribution in [0.5, 0.6) is 0 Å². The third kappa shape index (κ3) is 3.80. The van der Waals surface area contributed by atoms with Crippen LogP contribution in [-0.4, -0.2) is 29.3 Å². The molecule has 0 amide bonds. The van der Waals surface area contributed by atoms with Crippen LogP contribution in [0.3, 0.4) is 0 Å². The number of aliphatic hydroxyl groups excluding tert-OH is 1. The molecule has 0 saturated heterocycles. The van der Waals surface area contributed by atoms with Crippen molar-refractivity contribution in [1.82, 2.24) is 0 Å². The van der Waals surface area contributed by atoms with Gasteiger partial charge in [0.25, 0.3) is 0 Å². The van der Waals surface area contributed by atoms with Crippen LogP contribution in [0.1, 0.15) is 39.5 Å². The van der Waals surface area contributed by atoms with E-state index in [-0.39, 0.29) is 19.1 Å². The predicted molar refractivity (Wildman–Crippen MR) is 59.5 cm³/mol. The first kappa shape index (κ1) is 14.4. The molecule has 0 heterocycles. The number of hydrogen-bond donors (Lipinski definition) is 3. The predicted octanol–water partition coefficient (Wildman–Crippen LogP) is 1.22. The van der Waals surface area contributed by atoms with Crippen LogP contribution < -0.4 is 5.73 Å². The molecule has 0 rings (SSSR count). The van der Waals surface area contributed by atoms with Crippen molar-refractivity contribution < 1.29 is 15.0 Å². The summed E-state index contributed by atoms with van der Waals surface area (Å²) in [6.45, 7) is 4.14. The third-order valence-corrected chi connectivity index (χ3v) is 3.18. The van der Waals surface area contributed by atoms with Crippen molar-refractivity contribution in [2.24, 2.45) is 17.1 Å². The van der Waals surface area contributed by atoms with E-state index in [4.69, 9.17) is 10.8 Å². The molecule has 0 aromatic heterocycles. The summed E-state index contributed by atoms with van der Waals surface area (Å²) in [4.78, 5) is 11.2. The molecule has 1 unspecified atom stereocenters.